The Morgan fingerprint density at radius 1 is 1.03 bits per heavy atom. The number of nitrogens with one attached hydrogen (secondary N) is 1. The van der Waals surface area contributed by atoms with Gasteiger partial charge in [-0.1, -0.05) is 18.2 Å². The van der Waals surface area contributed by atoms with Gasteiger partial charge in [0.25, 0.3) is 5.91 Å². The molecule has 1 fully saturated rings. The predicted octanol–water partition coefficient (Wildman–Crippen LogP) is 1.50. The lowest BCUT2D eigenvalue weighted by atomic mass is 10.1. The van der Waals surface area contributed by atoms with Crippen molar-refractivity contribution in [1.82, 2.24) is 9.62 Å². The second-order valence-electron chi connectivity index (χ2n) is 7.22. The Bertz CT molecular complexity index is 973. The topological polar surface area (TPSA) is 79.0 Å². The van der Waals surface area contributed by atoms with Gasteiger partial charge in [0.15, 0.2) is 0 Å². The number of carbonyl (C=O) groups is 1. The van der Waals surface area contributed by atoms with Crippen LogP contribution in [0, 0.1) is 0 Å². The molecular weight excluding hydrogens is 390 g/mol. The number of hydrogen-bond acceptors (Lipinski definition) is 5. The minimum Gasteiger partial charge on any atom is -0.379 e. The van der Waals surface area contributed by atoms with Gasteiger partial charge in [0, 0.05) is 44.0 Å². The van der Waals surface area contributed by atoms with Gasteiger partial charge < -0.3 is 9.64 Å². The van der Waals surface area contributed by atoms with Crippen LogP contribution in [-0.2, 0) is 21.2 Å². The zero-order valence-electron chi connectivity index (χ0n) is 16.2. The van der Waals surface area contributed by atoms with E-state index < -0.39 is 10.0 Å². The molecule has 1 amide bonds. The number of morpholine rings is 1. The highest BCUT2D eigenvalue weighted by atomic mass is 32.2. The maximum absolute atomic E-state index is 12.8. The molecular formula is C21H25N3O4S. The van der Waals surface area contributed by atoms with E-state index in [9.17, 15) is 13.2 Å². The standard InChI is InChI=1S/C21H25N3O4S/c25-21(17-4-2-1-3-5-17)24-10-8-18-16-19(6-7-20(18)24)29(26,27)22-9-11-23-12-14-28-15-13-23/h1-7,16,22H,8-15H2. The van der Waals surface area contributed by atoms with Gasteiger partial charge in [-0.15, -0.1) is 0 Å². The van der Waals surface area contributed by atoms with Crippen LogP contribution in [0.15, 0.2) is 53.4 Å². The van der Waals surface area contributed by atoms with Crippen LogP contribution in [0.3, 0.4) is 0 Å². The van der Waals surface area contributed by atoms with Gasteiger partial charge >= 0.3 is 0 Å². The van der Waals surface area contributed by atoms with E-state index in [-0.39, 0.29) is 10.8 Å². The number of ether oxygens (including phenoxy) is 1. The van der Waals surface area contributed by atoms with Crippen LogP contribution in [0.2, 0.25) is 0 Å². The maximum Gasteiger partial charge on any atom is 0.258 e. The highest BCUT2D eigenvalue weighted by Crippen LogP contribution is 2.31. The Morgan fingerprint density at radius 3 is 2.55 bits per heavy atom. The van der Waals surface area contributed by atoms with Crippen LogP contribution >= 0.6 is 0 Å². The van der Waals surface area contributed by atoms with Crippen molar-refractivity contribution in [2.75, 3.05) is 50.8 Å². The quantitative estimate of drug-likeness (QED) is 0.774. The largest absolute Gasteiger partial charge is 0.379 e. The molecule has 2 heterocycles. The number of anilines is 1. The van der Waals surface area contributed by atoms with E-state index in [2.05, 4.69) is 9.62 Å². The zero-order valence-corrected chi connectivity index (χ0v) is 17.0. The fourth-order valence-corrected chi connectivity index (χ4v) is 4.81. The highest BCUT2D eigenvalue weighted by molar-refractivity contribution is 7.89. The van der Waals surface area contributed by atoms with Crippen molar-refractivity contribution >= 4 is 21.6 Å². The van der Waals surface area contributed by atoms with E-state index in [1.165, 1.54) is 0 Å². The number of benzene rings is 2. The molecule has 4 rings (SSSR count). The van der Waals surface area contributed by atoms with Crippen molar-refractivity contribution in [2.24, 2.45) is 0 Å². The molecule has 1 N–H and O–H groups in total. The number of fused-ring (bicyclic) bond motifs is 1. The Balaban J connectivity index is 1.43. The van der Waals surface area contributed by atoms with Crippen molar-refractivity contribution in [3.63, 3.8) is 0 Å². The molecule has 2 aromatic rings. The van der Waals surface area contributed by atoms with Gasteiger partial charge in [0.2, 0.25) is 10.0 Å². The third kappa shape index (κ3) is 4.51. The summed E-state index contributed by atoms with van der Waals surface area (Å²) in [6.45, 7) is 4.60. The fraction of sp³-hybridized carbons (Fsp3) is 0.381. The Labute approximate surface area is 171 Å². The van der Waals surface area contributed by atoms with E-state index in [1.54, 1.807) is 35.2 Å². The van der Waals surface area contributed by atoms with Gasteiger partial charge in [0.05, 0.1) is 18.1 Å². The highest BCUT2D eigenvalue weighted by Gasteiger charge is 2.27. The second-order valence-corrected chi connectivity index (χ2v) is 8.98. The number of hydrogen-bond donors (Lipinski definition) is 1. The molecule has 2 aliphatic rings. The summed E-state index contributed by atoms with van der Waals surface area (Å²) < 4.78 is 33.3. The first-order chi connectivity index (χ1) is 14.0. The van der Waals surface area contributed by atoms with E-state index in [0.717, 1.165) is 24.3 Å². The van der Waals surface area contributed by atoms with Gasteiger partial charge in [-0.3, -0.25) is 9.69 Å². The minimum absolute atomic E-state index is 0.0661. The van der Waals surface area contributed by atoms with Crippen LogP contribution in [0.5, 0.6) is 0 Å². The number of amides is 1. The lowest BCUT2D eigenvalue weighted by molar-refractivity contribution is 0.0390. The van der Waals surface area contributed by atoms with E-state index in [4.69, 9.17) is 4.74 Å². The molecule has 0 bridgehead atoms. The summed E-state index contributed by atoms with van der Waals surface area (Å²) in [5.41, 5.74) is 2.29. The molecule has 0 unspecified atom stereocenters. The summed E-state index contributed by atoms with van der Waals surface area (Å²) in [5, 5.41) is 0. The van der Waals surface area contributed by atoms with Crippen molar-refractivity contribution < 1.29 is 17.9 Å². The van der Waals surface area contributed by atoms with E-state index >= 15 is 0 Å². The fourth-order valence-electron chi connectivity index (χ4n) is 3.74. The summed E-state index contributed by atoms with van der Waals surface area (Å²) in [7, 11) is -3.58. The van der Waals surface area contributed by atoms with Gasteiger partial charge in [-0.05, 0) is 42.3 Å². The first-order valence-corrected chi connectivity index (χ1v) is 11.3. The number of sulfonamides is 1. The Hall–Kier alpha value is -2.26. The molecule has 0 radical (unpaired) electrons. The molecule has 29 heavy (non-hydrogen) atoms. The molecule has 154 valence electrons. The average Bonchev–Trinajstić information content (AvgIpc) is 3.18. The molecule has 0 spiro atoms. The lowest BCUT2D eigenvalue weighted by Crippen LogP contribution is -2.41. The molecule has 0 atom stereocenters. The van der Waals surface area contributed by atoms with Crippen LogP contribution < -0.4 is 9.62 Å². The van der Waals surface area contributed by atoms with E-state index in [1.807, 2.05) is 18.2 Å². The predicted molar refractivity (Wildman–Crippen MR) is 111 cm³/mol. The lowest BCUT2D eigenvalue weighted by Gasteiger charge is -2.26. The van der Waals surface area contributed by atoms with Gasteiger partial charge in [-0.2, -0.15) is 0 Å². The first kappa shape index (κ1) is 20.0. The minimum atomic E-state index is -3.58. The van der Waals surface area contributed by atoms with Crippen molar-refractivity contribution in [3.05, 3.63) is 59.7 Å². The normalized spacial score (nSPS) is 17.3. The van der Waals surface area contributed by atoms with Gasteiger partial charge in [0.1, 0.15) is 0 Å². The molecule has 8 heteroatoms. The van der Waals surface area contributed by atoms with Crippen molar-refractivity contribution in [2.45, 2.75) is 11.3 Å². The van der Waals surface area contributed by atoms with Crippen LogP contribution in [0.4, 0.5) is 5.69 Å². The summed E-state index contributed by atoms with van der Waals surface area (Å²) in [6.07, 6.45) is 0.644. The maximum atomic E-state index is 12.8. The summed E-state index contributed by atoms with van der Waals surface area (Å²) in [5.74, 6) is -0.0661. The third-order valence-electron chi connectivity index (χ3n) is 5.35. The Morgan fingerprint density at radius 2 is 1.79 bits per heavy atom. The van der Waals surface area contributed by atoms with Crippen LogP contribution in [-0.4, -0.2) is 65.2 Å². The molecule has 7 nitrogen and oxygen atoms in total. The summed E-state index contributed by atoms with van der Waals surface area (Å²) in [6, 6.07) is 14.1. The van der Waals surface area contributed by atoms with Gasteiger partial charge in [-0.25, -0.2) is 13.1 Å². The third-order valence-corrected chi connectivity index (χ3v) is 6.81. The summed E-state index contributed by atoms with van der Waals surface area (Å²) >= 11 is 0. The van der Waals surface area contributed by atoms with E-state index in [0.29, 0.717) is 44.8 Å². The van der Waals surface area contributed by atoms with Crippen LogP contribution in [0.25, 0.3) is 0 Å². The molecule has 1 saturated heterocycles. The molecule has 0 aromatic heterocycles. The number of rotatable bonds is 6. The second kappa shape index (κ2) is 8.62. The Kier molecular flexibility index (Phi) is 5.96. The van der Waals surface area contributed by atoms with Crippen LogP contribution in [0.1, 0.15) is 15.9 Å². The number of carbonyl (C=O) groups excluding carboxylic acids is 1. The first-order valence-electron chi connectivity index (χ1n) is 9.84. The number of nitrogens with zero attached hydrogens (tertiary/aromatic N) is 2. The SMILES string of the molecule is O=C(c1ccccc1)N1CCc2cc(S(=O)(=O)NCCN3CCOCC3)ccc21. The summed E-state index contributed by atoms with van der Waals surface area (Å²) in [4.78, 5) is 16.9. The monoisotopic (exact) mass is 415 g/mol. The zero-order chi connectivity index (χ0) is 20.3. The average molecular weight is 416 g/mol. The molecule has 0 aliphatic carbocycles. The molecule has 2 aliphatic heterocycles. The molecule has 2 aromatic carbocycles. The van der Waals surface area contributed by atoms with Crippen molar-refractivity contribution in [3.8, 4) is 0 Å². The van der Waals surface area contributed by atoms with Crippen molar-refractivity contribution in [1.29, 1.82) is 0 Å². The molecule has 0 saturated carbocycles. The smallest absolute Gasteiger partial charge is 0.258 e.